The lowest BCUT2D eigenvalue weighted by atomic mass is 9.99. The van der Waals surface area contributed by atoms with E-state index in [1.807, 2.05) is 31.2 Å². The van der Waals surface area contributed by atoms with Gasteiger partial charge in [0, 0.05) is 30.1 Å². The van der Waals surface area contributed by atoms with E-state index in [-0.39, 0.29) is 24.5 Å². The van der Waals surface area contributed by atoms with Gasteiger partial charge in [-0.25, -0.2) is 9.97 Å². The Morgan fingerprint density at radius 2 is 2.12 bits per heavy atom. The first-order valence-electron chi connectivity index (χ1n) is 11.2. The number of aliphatic hydroxyl groups is 1. The first-order valence-corrected chi connectivity index (χ1v) is 12.0. The Morgan fingerprint density at radius 1 is 1.32 bits per heavy atom. The molecule has 0 spiro atoms. The van der Waals surface area contributed by atoms with Gasteiger partial charge in [-0.3, -0.25) is 4.79 Å². The standard InChI is InChI=1S/C26H27Cl2N3O3/c1-4-16-11-21(34-3)26(28)24(25(16)27)17-6-7-20-18(10-17)12-29-22(30-20)9-15-8-19(14-32)31(13-15)23(33)5-2/h5-7,10-12,15,19,32H,2,4,8-9,13-14H2,1,3H3/t15-,19-/m0/s1. The molecule has 2 aromatic carbocycles. The zero-order chi connectivity index (χ0) is 24.4. The van der Waals surface area contributed by atoms with Crippen LogP contribution in [0.4, 0.5) is 0 Å². The van der Waals surface area contributed by atoms with Gasteiger partial charge in [-0.2, -0.15) is 0 Å². The van der Waals surface area contributed by atoms with Gasteiger partial charge in [-0.1, -0.05) is 42.8 Å². The Hall–Kier alpha value is -2.67. The lowest BCUT2D eigenvalue weighted by molar-refractivity contribution is -0.127. The fourth-order valence-corrected chi connectivity index (χ4v) is 5.41. The Labute approximate surface area is 209 Å². The van der Waals surface area contributed by atoms with Gasteiger partial charge in [0.25, 0.3) is 0 Å². The monoisotopic (exact) mass is 499 g/mol. The SMILES string of the molecule is C=CC(=O)N1C[C@H](Cc2ncc3cc(-c4c(Cl)c(CC)cc(OC)c4Cl)ccc3n2)C[C@H]1CO. The van der Waals surface area contributed by atoms with E-state index in [1.54, 1.807) is 18.2 Å². The van der Waals surface area contributed by atoms with Crippen LogP contribution in [0.1, 0.15) is 24.7 Å². The minimum atomic E-state index is -0.191. The number of carbonyl (C=O) groups is 1. The summed E-state index contributed by atoms with van der Waals surface area (Å²) in [5.41, 5.74) is 3.38. The highest BCUT2D eigenvalue weighted by Gasteiger charge is 2.34. The molecular formula is C26H27Cl2N3O3. The number of aromatic nitrogens is 2. The molecule has 1 fully saturated rings. The van der Waals surface area contributed by atoms with Crippen molar-refractivity contribution in [3.63, 3.8) is 0 Å². The second kappa shape index (κ2) is 10.3. The molecule has 1 aromatic heterocycles. The van der Waals surface area contributed by atoms with Gasteiger partial charge in [-0.05, 0) is 54.2 Å². The molecule has 1 aliphatic heterocycles. The summed E-state index contributed by atoms with van der Waals surface area (Å²) in [7, 11) is 1.59. The average Bonchev–Trinajstić information content (AvgIpc) is 3.26. The highest BCUT2D eigenvalue weighted by molar-refractivity contribution is 6.40. The molecule has 0 bridgehead atoms. The van der Waals surface area contributed by atoms with Crippen LogP contribution in [-0.4, -0.2) is 52.2 Å². The van der Waals surface area contributed by atoms with Crippen LogP contribution >= 0.6 is 23.2 Å². The number of nitrogens with zero attached hydrogens (tertiary/aromatic N) is 3. The van der Waals surface area contributed by atoms with E-state index in [9.17, 15) is 9.90 Å². The number of aryl methyl sites for hydroxylation is 1. The first kappa shape index (κ1) is 24.5. The second-order valence-corrected chi connectivity index (χ2v) is 9.25. The van der Waals surface area contributed by atoms with Crippen molar-refractivity contribution >= 4 is 40.0 Å². The molecule has 3 aromatic rings. The highest BCUT2D eigenvalue weighted by Crippen LogP contribution is 2.43. The number of rotatable bonds is 7. The quantitative estimate of drug-likeness (QED) is 0.457. The number of likely N-dealkylation sites (tertiary alicyclic amines) is 1. The molecule has 0 aliphatic carbocycles. The maximum Gasteiger partial charge on any atom is 0.246 e. The lowest BCUT2D eigenvalue weighted by Crippen LogP contribution is -2.36. The summed E-state index contributed by atoms with van der Waals surface area (Å²) >= 11 is 13.3. The summed E-state index contributed by atoms with van der Waals surface area (Å²) in [5, 5.41) is 11.6. The summed E-state index contributed by atoms with van der Waals surface area (Å²) in [6, 6.07) is 7.55. The van der Waals surface area contributed by atoms with Gasteiger partial charge in [0.2, 0.25) is 5.91 Å². The molecule has 6 nitrogen and oxygen atoms in total. The third-order valence-electron chi connectivity index (χ3n) is 6.40. The Kier molecular flexibility index (Phi) is 7.41. The molecule has 0 radical (unpaired) electrons. The van der Waals surface area contributed by atoms with E-state index in [4.69, 9.17) is 32.9 Å². The molecule has 1 aliphatic rings. The average molecular weight is 500 g/mol. The minimum absolute atomic E-state index is 0.0629. The Morgan fingerprint density at radius 3 is 2.79 bits per heavy atom. The van der Waals surface area contributed by atoms with Crippen molar-refractivity contribution in [1.82, 2.24) is 14.9 Å². The van der Waals surface area contributed by atoms with Crippen LogP contribution in [0.15, 0.2) is 43.1 Å². The van der Waals surface area contributed by atoms with Crippen LogP contribution in [0.25, 0.3) is 22.0 Å². The molecular weight excluding hydrogens is 473 g/mol. The van der Waals surface area contributed by atoms with Crippen molar-refractivity contribution < 1.29 is 14.6 Å². The first-order chi connectivity index (χ1) is 16.4. The van der Waals surface area contributed by atoms with E-state index in [0.717, 1.165) is 34.0 Å². The topological polar surface area (TPSA) is 75.6 Å². The van der Waals surface area contributed by atoms with Crippen LogP contribution in [-0.2, 0) is 17.6 Å². The molecule has 34 heavy (non-hydrogen) atoms. The van der Waals surface area contributed by atoms with Gasteiger partial charge < -0.3 is 14.7 Å². The normalized spacial score (nSPS) is 17.9. The van der Waals surface area contributed by atoms with Gasteiger partial charge in [-0.15, -0.1) is 0 Å². The molecule has 1 amide bonds. The van der Waals surface area contributed by atoms with Gasteiger partial charge >= 0.3 is 0 Å². The molecule has 2 heterocycles. The fourth-order valence-electron chi connectivity index (χ4n) is 4.63. The van der Waals surface area contributed by atoms with Crippen molar-refractivity contribution in [2.24, 2.45) is 5.92 Å². The molecule has 178 valence electrons. The smallest absolute Gasteiger partial charge is 0.246 e. The van der Waals surface area contributed by atoms with Gasteiger partial charge in [0.15, 0.2) is 0 Å². The Balaban J connectivity index is 1.62. The zero-order valence-electron chi connectivity index (χ0n) is 19.2. The molecule has 0 unspecified atom stereocenters. The van der Waals surface area contributed by atoms with E-state index >= 15 is 0 Å². The number of hydrogen-bond acceptors (Lipinski definition) is 5. The largest absolute Gasteiger partial charge is 0.495 e. The molecule has 2 atom stereocenters. The predicted octanol–water partition coefficient (Wildman–Crippen LogP) is 5.11. The number of hydrogen-bond donors (Lipinski definition) is 1. The molecule has 8 heteroatoms. The van der Waals surface area contributed by atoms with Crippen LogP contribution in [0.5, 0.6) is 5.75 Å². The predicted molar refractivity (Wildman–Crippen MR) is 136 cm³/mol. The van der Waals surface area contributed by atoms with Gasteiger partial charge in [0.05, 0.1) is 35.3 Å². The van der Waals surface area contributed by atoms with Crippen LogP contribution in [0.3, 0.4) is 0 Å². The van der Waals surface area contributed by atoms with Crippen molar-refractivity contribution in [1.29, 1.82) is 0 Å². The summed E-state index contributed by atoms with van der Waals surface area (Å²) in [4.78, 5) is 23.1. The number of benzene rings is 2. The van der Waals surface area contributed by atoms with Crippen molar-refractivity contribution in [3.05, 3.63) is 64.6 Å². The number of amides is 1. The number of ether oxygens (including phenoxy) is 1. The number of carbonyl (C=O) groups excluding carboxylic acids is 1. The van der Waals surface area contributed by atoms with Gasteiger partial charge in [0.1, 0.15) is 11.6 Å². The summed E-state index contributed by atoms with van der Waals surface area (Å²) in [5.74, 6) is 1.32. The number of aliphatic hydroxyl groups excluding tert-OH is 1. The van der Waals surface area contributed by atoms with Crippen LogP contribution in [0.2, 0.25) is 10.0 Å². The third-order valence-corrected chi connectivity index (χ3v) is 7.21. The zero-order valence-corrected chi connectivity index (χ0v) is 20.7. The lowest BCUT2D eigenvalue weighted by Gasteiger charge is -2.21. The summed E-state index contributed by atoms with van der Waals surface area (Å²) in [6.07, 6.45) is 5.19. The Bertz CT molecular complexity index is 1220. The summed E-state index contributed by atoms with van der Waals surface area (Å²) in [6.45, 7) is 6.09. The highest BCUT2D eigenvalue weighted by atomic mass is 35.5. The number of methoxy groups -OCH3 is 1. The van der Waals surface area contributed by atoms with Crippen LogP contribution < -0.4 is 4.74 Å². The van der Waals surface area contributed by atoms with E-state index in [1.165, 1.54) is 6.08 Å². The molecule has 1 saturated heterocycles. The maximum absolute atomic E-state index is 12.1. The number of fused-ring (bicyclic) bond motifs is 1. The molecule has 4 rings (SSSR count). The fraction of sp³-hybridized carbons (Fsp3) is 0.346. The molecule has 1 N–H and O–H groups in total. The second-order valence-electron chi connectivity index (χ2n) is 8.49. The van der Waals surface area contributed by atoms with Crippen molar-refractivity contribution in [2.45, 2.75) is 32.2 Å². The van der Waals surface area contributed by atoms with Crippen molar-refractivity contribution in [3.8, 4) is 16.9 Å². The number of halogens is 2. The van der Waals surface area contributed by atoms with E-state index < -0.39 is 0 Å². The third kappa shape index (κ3) is 4.63. The minimum Gasteiger partial charge on any atom is -0.495 e. The molecule has 0 saturated carbocycles. The van der Waals surface area contributed by atoms with E-state index in [2.05, 4.69) is 11.6 Å². The van der Waals surface area contributed by atoms with E-state index in [0.29, 0.717) is 41.0 Å². The maximum atomic E-state index is 12.1. The van der Waals surface area contributed by atoms with Crippen LogP contribution in [0, 0.1) is 5.92 Å². The van der Waals surface area contributed by atoms with Crippen molar-refractivity contribution in [2.75, 3.05) is 20.3 Å². The summed E-state index contributed by atoms with van der Waals surface area (Å²) < 4.78 is 5.46.